The molecule has 0 amide bonds. The van der Waals surface area contributed by atoms with Gasteiger partial charge in [-0.1, -0.05) is 12.1 Å². The van der Waals surface area contributed by atoms with Gasteiger partial charge >= 0.3 is 0 Å². The summed E-state index contributed by atoms with van der Waals surface area (Å²) in [4.78, 5) is 0. The monoisotopic (exact) mass is 340 g/mol. The lowest BCUT2D eigenvalue weighted by Crippen LogP contribution is -2.52. The molecule has 1 aromatic rings. The average Bonchev–Trinajstić information content (AvgIpc) is 3.02. The minimum atomic E-state index is -1.25. The van der Waals surface area contributed by atoms with Gasteiger partial charge in [-0.2, -0.15) is 0 Å². The van der Waals surface area contributed by atoms with Crippen molar-refractivity contribution in [3.8, 4) is 5.75 Å². The van der Waals surface area contributed by atoms with Gasteiger partial charge in [-0.05, 0) is 31.5 Å². The van der Waals surface area contributed by atoms with Crippen LogP contribution in [0.15, 0.2) is 24.3 Å². The van der Waals surface area contributed by atoms with Gasteiger partial charge in [0.05, 0.1) is 26.9 Å². The number of hydrogen-bond acceptors (Lipinski definition) is 7. The van der Waals surface area contributed by atoms with E-state index in [9.17, 15) is 10.2 Å². The zero-order valence-electron chi connectivity index (χ0n) is 14.1. The molecule has 134 valence electrons. The normalized spacial score (nSPS) is 30.3. The summed E-state index contributed by atoms with van der Waals surface area (Å²) >= 11 is 0. The summed E-state index contributed by atoms with van der Waals surface area (Å²) in [6, 6.07) is 7.47. The Kier molecular flexibility index (Phi) is 4.83. The third-order valence-corrected chi connectivity index (χ3v) is 4.38. The van der Waals surface area contributed by atoms with Crippen LogP contribution in [0.3, 0.4) is 0 Å². The fourth-order valence-electron chi connectivity index (χ4n) is 3.11. The van der Waals surface area contributed by atoms with Crippen molar-refractivity contribution in [3.05, 3.63) is 29.8 Å². The van der Waals surface area contributed by atoms with Crippen LogP contribution >= 0.6 is 0 Å². The molecule has 2 heterocycles. The molecule has 1 aromatic carbocycles. The van der Waals surface area contributed by atoms with Gasteiger partial charge in [-0.3, -0.25) is 0 Å². The van der Waals surface area contributed by atoms with Crippen molar-refractivity contribution >= 4 is 0 Å². The number of aliphatic hydroxyl groups is 2. The Bertz CT molecular complexity index is 553. The molecular formula is C17H24O7. The first-order valence-corrected chi connectivity index (χ1v) is 7.93. The molecule has 0 bridgehead atoms. The molecule has 0 saturated carbocycles. The molecular weight excluding hydrogens is 316 g/mol. The van der Waals surface area contributed by atoms with Crippen LogP contribution in [0.25, 0.3) is 0 Å². The standard InChI is InChI=1S/C17H24O7/c1-16(2)22-13-14(17(9-18,10-19)24-15(13)23-16)21-8-11-4-6-12(20-3)7-5-11/h4-7,13-15,18-19H,8-10H2,1-3H3/t13-,14?,15+/m0/s1. The second-order valence-electron chi connectivity index (χ2n) is 6.55. The van der Waals surface area contributed by atoms with E-state index in [2.05, 4.69) is 0 Å². The summed E-state index contributed by atoms with van der Waals surface area (Å²) in [5.41, 5.74) is -0.319. The van der Waals surface area contributed by atoms with Gasteiger partial charge < -0.3 is 33.9 Å². The second kappa shape index (κ2) is 6.59. The molecule has 0 aromatic heterocycles. The van der Waals surface area contributed by atoms with Crippen LogP contribution < -0.4 is 4.74 Å². The van der Waals surface area contributed by atoms with E-state index in [0.29, 0.717) is 0 Å². The van der Waals surface area contributed by atoms with Gasteiger partial charge in [0.1, 0.15) is 23.6 Å². The van der Waals surface area contributed by atoms with E-state index in [1.165, 1.54) is 0 Å². The molecule has 2 N–H and O–H groups in total. The van der Waals surface area contributed by atoms with Gasteiger partial charge in [0.25, 0.3) is 0 Å². The van der Waals surface area contributed by atoms with Gasteiger partial charge in [0.2, 0.25) is 0 Å². The van der Waals surface area contributed by atoms with Crippen LogP contribution in [0, 0.1) is 0 Å². The maximum atomic E-state index is 9.75. The van der Waals surface area contributed by atoms with Crippen LogP contribution in [-0.4, -0.2) is 60.4 Å². The van der Waals surface area contributed by atoms with E-state index in [1.807, 2.05) is 24.3 Å². The highest BCUT2D eigenvalue weighted by molar-refractivity contribution is 5.26. The largest absolute Gasteiger partial charge is 0.497 e. The quantitative estimate of drug-likeness (QED) is 0.792. The molecule has 0 spiro atoms. The molecule has 7 nitrogen and oxygen atoms in total. The highest BCUT2D eigenvalue weighted by Gasteiger charge is 2.62. The molecule has 1 unspecified atom stereocenters. The van der Waals surface area contributed by atoms with Crippen molar-refractivity contribution in [1.29, 1.82) is 0 Å². The fourth-order valence-corrected chi connectivity index (χ4v) is 3.11. The zero-order chi connectivity index (χ0) is 17.4. The molecule has 3 atom stereocenters. The maximum absolute atomic E-state index is 9.75. The smallest absolute Gasteiger partial charge is 0.190 e. The minimum Gasteiger partial charge on any atom is -0.497 e. The first-order chi connectivity index (χ1) is 11.4. The highest BCUT2D eigenvalue weighted by Crippen LogP contribution is 2.43. The molecule has 0 radical (unpaired) electrons. The maximum Gasteiger partial charge on any atom is 0.190 e. The Morgan fingerprint density at radius 1 is 1.04 bits per heavy atom. The molecule has 2 fully saturated rings. The van der Waals surface area contributed by atoms with E-state index in [0.717, 1.165) is 11.3 Å². The van der Waals surface area contributed by atoms with Gasteiger partial charge in [0, 0.05) is 0 Å². The molecule has 2 aliphatic heterocycles. The first kappa shape index (κ1) is 17.6. The molecule has 24 heavy (non-hydrogen) atoms. The lowest BCUT2D eigenvalue weighted by Gasteiger charge is -2.33. The predicted molar refractivity (Wildman–Crippen MR) is 83.4 cm³/mol. The number of benzene rings is 1. The number of hydrogen-bond donors (Lipinski definition) is 2. The fraction of sp³-hybridized carbons (Fsp3) is 0.647. The van der Waals surface area contributed by atoms with Crippen LogP contribution in [0.2, 0.25) is 0 Å². The van der Waals surface area contributed by atoms with Crippen molar-refractivity contribution in [2.24, 2.45) is 0 Å². The van der Waals surface area contributed by atoms with Crippen LogP contribution in [0.1, 0.15) is 19.4 Å². The Morgan fingerprint density at radius 3 is 2.29 bits per heavy atom. The van der Waals surface area contributed by atoms with E-state index >= 15 is 0 Å². The van der Waals surface area contributed by atoms with Gasteiger partial charge in [-0.15, -0.1) is 0 Å². The lowest BCUT2D eigenvalue weighted by molar-refractivity contribution is -0.258. The highest BCUT2D eigenvalue weighted by atomic mass is 16.8. The topological polar surface area (TPSA) is 86.6 Å². The van der Waals surface area contributed by atoms with Gasteiger partial charge in [-0.25, -0.2) is 0 Å². The molecule has 2 aliphatic rings. The summed E-state index contributed by atoms with van der Waals surface area (Å²) in [5.74, 6) is -0.0361. The average molecular weight is 340 g/mol. The van der Waals surface area contributed by atoms with Crippen LogP contribution in [0.5, 0.6) is 5.75 Å². The Balaban J connectivity index is 1.74. The number of rotatable bonds is 6. The van der Waals surface area contributed by atoms with E-state index in [1.54, 1.807) is 21.0 Å². The summed E-state index contributed by atoms with van der Waals surface area (Å²) < 4.78 is 28.4. The summed E-state index contributed by atoms with van der Waals surface area (Å²) in [7, 11) is 1.61. The molecule has 7 heteroatoms. The van der Waals surface area contributed by atoms with Gasteiger partial charge in [0.15, 0.2) is 12.1 Å². The van der Waals surface area contributed by atoms with E-state index in [-0.39, 0.29) is 6.61 Å². The van der Waals surface area contributed by atoms with Crippen molar-refractivity contribution in [2.45, 2.75) is 50.3 Å². The number of methoxy groups -OCH3 is 1. The minimum absolute atomic E-state index is 0.285. The summed E-state index contributed by atoms with van der Waals surface area (Å²) in [6.07, 6.45) is -1.85. The molecule has 2 saturated heterocycles. The van der Waals surface area contributed by atoms with Crippen molar-refractivity contribution in [2.75, 3.05) is 20.3 Å². The Labute approximate surface area is 141 Å². The molecule has 0 aliphatic carbocycles. The summed E-state index contributed by atoms with van der Waals surface area (Å²) in [5, 5.41) is 19.5. The SMILES string of the molecule is COc1ccc(COC2[C@@H]3OC(C)(C)O[C@@H]3OC2(CO)CO)cc1. The molecule has 3 rings (SSSR count). The van der Waals surface area contributed by atoms with Crippen LogP contribution in [0.4, 0.5) is 0 Å². The first-order valence-electron chi connectivity index (χ1n) is 7.93. The van der Waals surface area contributed by atoms with Crippen molar-refractivity contribution < 1.29 is 33.9 Å². The Morgan fingerprint density at radius 2 is 1.71 bits per heavy atom. The van der Waals surface area contributed by atoms with E-state index in [4.69, 9.17) is 23.7 Å². The van der Waals surface area contributed by atoms with Crippen LogP contribution in [-0.2, 0) is 25.6 Å². The predicted octanol–water partition coefficient (Wildman–Crippen LogP) is 0.812. The van der Waals surface area contributed by atoms with Crippen molar-refractivity contribution in [1.82, 2.24) is 0 Å². The van der Waals surface area contributed by atoms with E-state index < -0.39 is 43.1 Å². The van der Waals surface area contributed by atoms with Crippen molar-refractivity contribution in [3.63, 3.8) is 0 Å². The summed E-state index contributed by atoms with van der Waals surface area (Å²) in [6.45, 7) is 3.07. The lowest BCUT2D eigenvalue weighted by atomic mass is 9.97. The number of fused-ring (bicyclic) bond motifs is 1. The number of aliphatic hydroxyl groups excluding tert-OH is 2. The zero-order valence-corrected chi connectivity index (χ0v) is 14.1. The Hall–Kier alpha value is -1.22. The third kappa shape index (κ3) is 3.15. The second-order valence-corrected chi connectivity index (χ2v) is 6.55. The third-order valence-electron chi connectivity index (χ3n) is 4.38. The number of ether oxygens (including phenoxy) is 5.